The first-order valence-corrected chi connectivity index (χ1v) is 5.64. The lowest BCUT2D eigenvalue weighted by molar-refractivity contribution is -0.142. The van der Waals surface area contributed by atoms with E-state index in [1.165, 1.54) is 19.8 Å². The molecule has 0 radical (unpaired) electrons. The van der Waals surface area contributed by atoms with Crippen molar-refractivity contribution >= 4 is 11.9 Å². The number of hydrogen-bond donors (Lipinski definition) is 2. The van der Waals surface area contributed by atoms with E-state index in [9.17, 15) is 9.59 Å². The maximum Gasteiger partial charge on any atom is 0.325 e. The third-order valence-electron chi connectivity index (χ3n) is 2.96. The predicted molar refractivity (Wildman–Crippen MR) is 56.4 cm³/mol. The van der Waals surface area contributed by atoms with Gasteiger partial charge in [0.05, 0.1) is 0 Å². The number of amides is 1. The van der Waals surface area contributed by atoms with Gasteiger partial charge < -0.3 is 10.4 Å². The third kappa shape index (κ3) is 3.90. The van der Waals surface area contributed by atoms with Gasteiger partial charge in [0.25, 0.3) is 0 Å². The number of carboxylic acids is 1. The molecule has 1 saturated carbocycles. The largest absolute Gasteiger partial charge is 0.480 e. The highest BCUT2D eigenvalue weighted by Gasteiger charge is 2.22. The normalized spacial score (nSPS) is 20.3. The topological polar surface area (TPSA) is 66.4 Å². The number of rotatable bonds is 3. The molecule has 4 heteroatoms. The first-order valence-electron chi connectivity index (χ1n) is 5.64. The fourth-order valence-electron chi connectivity index (χ4n) is 1.93. The van der Waals surface area contributed by atoms with Gasteiger partial charge in [0.1, 0.15) is 6.04 Å². The zero-order valence-electron chi connectivity index (χ0n) is 9.16. The van der Waals surface area contributed by atoms with Gasteiger partial charge in [0.15, 0.2) is 0 Å². The molecule has 1 atom stereocenters. The lowest BCUT2D eigenvalue weighted by Gasteiger charge is -2.16. The molecule has 15 heavy (non-hydrogen) atoms. The van der Waals surface area contributed by atoms with Crippen LogP contribution in [0, 0.1) is 5.92 Å². The monoisotopic (exact) mass is 213 g/mol. The van der Waals surface area contributed by atoms with Crippen molar-refractivity contribution in [2.45, 2.75) is 51.5 Å². The van der Waals surface area contributed by atoms with Crippen LogP contribution in [0.15, 0.2) is 0 Å². The Morgan fingerprint density at radius 1 is 1.20 bits per heavy atom. The van der Waals surface area contributed by atoms with Gasteiger partial charge in [0, 0.05) is 5.92 Å². The molecule has 1 rings (SSSR count). The summed E-state index contributed by atoms with van der Waals surface area (Å²) in [5, 5.41) is 11.2. The van der Waals surface area contributed by atoms with E-state index in [4.69, 9.17) is 5.11 Å². The molecule has 0 aliphatic heterocycles. The molecule has 0 spiro atoms. The minimum absolute atomic E-state index is 0.0225. The lowest BCUT2D eigenvalue weighted by Crippen LogP contribution is -2.41. The Morgan fingerprint density at radius 3 is 2.20 bits per heavy atom. The zero-order valence-corrected chi connectivity index (χ0v) is 9.16. The number of carbonyl (C=O) groups is 2. The van der Waals surface area contributed by atoms with Crippen LogP contribution in [0.2, 0.25) is 0 Å². The maximum atomic E-state index is 11.7. The quantitative estimate of drug-likeness (QED) is 0.699. The molecule has 0 aromatic carbocycles. The van der Waals surface area contributed by atoms with E-state index in [-0.39, 0.29) is 11.8 Å². The van der Waals surface area contributed by atoms with Crippen LogP contribution in [-0.2, 0) is 9.59 Å². The molecular weight excluding hydrogens is 194 g/mol. The average Bonchev–Trinajstić information content (AvgIpc) is 2.45. The summed E-state index contributed by atoms with van der Waals surface area (Å²) >= 11 is 0. The highest BCUT2D eigenvalue weighted by Crippen LogP contribution is 2.22. The number of carbonyl (C=O) groups excluding carboxylic acids is 1. The molecule has 1 unspecified atom stereocenters. The summed E-state index contributed by atoms with van der Waals surface area (Å²) in [5.41, 5.74) is 0. The molecular formula is C11H19NO3. The van der Waals surface area contributed by atoms with Crippen LogP contribution in [0.25, 0.3) is 0 Å². The summed E-state index contributed by atoms with van der Waals surface area (Å²) in [6.45, 7) is 1.50. The Bertz CT molecular complexity index is 232. The Balaban J connectivity index is 2.41. The second-order valence-corrected chi connectivity index (χ2v) is 4.26. The molecule has 1 aliphatic carbocycles. The fourth-order valence-corrected chi connectivity index (χ4v) is 1.93. The van der Waals surface area contributed by atoms with E-state index >= 15 is 0 Å². The van der Waals surface area contributed by atoms with Crippen molar-refractivity contribution in [3.8, 4) is 0 Å². The van der Waals surface area contributed by atoms with E-state index in [0.717, 1.165) is 25.7 Å². The smallest absolute Gasteiger partial charge is 0.325 e. The number of carboxylic acid groups (broad SMARTS) is 1. The maximum absolute atomic E-state index is 11.7. The van der Waals surface area contributed by atoms with E-state index in [2.05, 4.69) is 5.32 Å². The molecule has 0 bridgehead atoms. The van der Waals surface area contributed by atoms with Crippen molar-refractivity contribution < 1.29 is 14.7 Å². The first-order chi connectivity index (χ1) is 7.11. The van der Waals surface area contributed by atoms with Gasteiger partial charge in [-0.1, -0.05) is 25.7 Å². The van der Waals surface area contributed by atoms with E-state index in [0.29, 0.717) is 0 Å². The molecule has 1 fully saturated rings. The molecule has 2 N–H and O–H groups in total. The van der Waals surface area contributed by atoms with Gasteiger partial charge in [-0.25, -0.2) is 0 Å². The van der Waals surface area contributed by atoms with Crippen LogP contribution < -0.4 is 5.32 Å². The highest BCUT2D eigenvalue weighted by molar-refractivity contribution is 5.84. The van der Waals surface area contributed by atoms with Crippen molar-refractivity contribution in [1.29, 1.82) is 0 Å². The molecule has 0 aromatic rings. The Kier molecular flexibility index (Phi) is 4.59. The number of nitrogens with one attached hydrogen (secondary N) is 1. The number of aliphatic carboxylic acids is 1. The van der Waals surface area contributed by atoms with Crippen LogP contribution in [0.3, 0.4) is 0 Å². The summed E-state index contributed by atoms with van der Waals surface area (Å²) in [6.07, 6.45) is 6.35. The van der Waals surface area contributed by atoms with Crippen LogP contribution in [0.1, 0.15) is 45.4 Å². The minimum Gasteiger partial charge on any atom is -0.480 e. The molecule has 86 valence electrons. The van der Waals surface area contributed by atoms with Crippen LogP contribution in [-0.4, -0.2) is 23.0 Å². The van der Waals surface area contributed by atoms with Crippen molar-refractivity contribution in [3.05, 3.63) is 0 Å². The Morgan fingerprint density at radius 2 is 1.73 bits per heavy atom. The van der Waals surface area contributed by atoms with Gasteiger partial charge in [-0.15, -0.1) is 0 Å². The SMILES string of the molecule is CC(NC(=O)C1CCCCCC1)C(=O)O. The highest BCUT2D eigenvalue weighted by atomic mass is 16.4. The Hall–Kier alpha value is -1.06. The van der Waals surface area contributed by atoms with Crippen molar-refractivity contribution in [3.63, 3.8) is 0 Å². The molecule has 1 aliphatic rings. The predicted octanol–water partition coefficient (Wildman–Crippen LogP) is 1.55. The molecule has 0 saturated heterocycles. The van der Waals surface area contributed by atoms with Crippen molar-refractivity contribution in [2.24, 2.45) is 5.92 Å². The molecule has 4 nitrogen and oxygen atoms in total. The van der Waals surface area contributed by atoms with Gasteiger partial charge in [-0.05, 0) is 19.8 Å². The Labute approximate surface area is 90.0 Å². The summed E-state index contributed by atoms with van der Waals surface area (Å²) in [7, 11) is 0. The standard InChI is InChI=1S/C11H19NO3/c1-8(11(14)15)12-10(13)9-6-4-2-3-5-7-9/h8-9H,2-7H2,1H3,(H,12,13)(H,14,15). The van der Waals surface area contributed by atoms with E-state index in [1.54, 1.807) is 0 Å². The van der Waals surface area contributed by atoms with E-state index < -0.39 is 12.0 Å². The first kappa shape index (κ1) is 12.0. The second-order valence-electron chi connectivity index (χ2n) is 4.26. The molecule has 1 amide bonds. The van der Waals surface area contributed by atoms with Crippen LogP contribution in [0.4, 0.5) is 0 Å². The van der Waals surface area contributed by atoms with Crippen LogP contribution in [0.5, 0.6) is 0 Å². The van der Waals surface area contributed by atoms with Crippen LogP contribution >= 0.6 is 0 Å². The zero-order chi connectivity index (χ0) is 11.3. The fraction of sp³-hybridized carbons (Fsp3) is 0.818. The summed E-state index contributed by atoms with van der Waals surface area (Å²) in [6, 6.07) is -0.777. The lowest BCUT2D eigenvalue weighted by atomic mass is 9.99. The van der Waals surface area contributed by atoms with Gasteiger partial charge in [0.2, 0.25) is 5.91 Å². The molecule has 0 aromatic heterocycles. The summed E-state index contributed by atoms with van der Waals surface area (Å²) in [4.78, 5) is 22.3. The second kappa shape index (κ2) is 5.73. The molecule has 0 heterocycles. The third-order valence-corrected chi connectivity index (χ3v) is 2.96. The minimum atomic E-state index is -0.975. The van der Waals surface area contributed by atoms with Crippen molar-refractivity contribution in [1.82, 2.24) is 5.32 Å². The van der Waals surface area contributed by atoms with Gasteiger partial charge in [-0.2, -0.15) is 0 Å². The summed E-state index contributed by atoms with van der Waals surface area (Å²) in [5.74, 6) is -1.04. The van der Waals surface area contributed by atoms with E-state index in [1.807, 2.05) is 0 Å². The van der Waals surface area contributed by atoms with Crippen molar-refractivity contribution in [2.75, 3.05) is 0 Å². The van der Waals surface area contributed by atoms with Gasteiger partial charge in [-0.3, -0.25) is 9.59 Å². The average molecular weight is 213 g/mol. The van der Waals surface area contributed by atoms with Gasteiger partial charge >= 0.3 is 5.97 Å². The number of hydrogen-bond acceptors (Lipinski definition) is 2. The summed E-state index contributed by atoms with van der Waals surface area (Å²) < 4.78 is 0.